The third-order valence-electron chi connectivity index (χ3n) is 7.38. The summed E-state index contributed by atoms with van der Waals surface area (Å²) in [7, 11) is -10.6. The summed E-state index contributed by atoms with van der Waals surface area (Å²) in [5.74, 6) is -1.24. The van der Waals surface area contributed by atoms with Crippen LogP contribution in [0.3, 0.4) is 0 Å². The van der Waals surface area contributed by atoms with Gasteiger partial charge in [0.15, 0.2) is 24.5 Å². The van der Waals surface area contributed by atoms with Crippen molar-refractivity contribution in [3.63, 3.8) is 0 Å². The van der Waals surface area contributed by atoms with Gasteiger partial charge in [-0.2, -0.15) is 9.98 Å². The van der Waals surface area contributed by atoms with Gasteiger partial charge in [-0.05, 0) is 0 Å². The third kappa shape index (κ3) is 6.63. The molecule has 2 amide bonds. The number of nitrogens with zero attached hydrogens (tertiary/aromatic N) is 8. The first-order chi connectivity index (χ1) is 20.9. The van der Waals surface area contributed by atoms with Gasteiger partial charge in [0.1, 0.15) is 61.0 Å². The molecule has 4 unspecified atom stereocenters. The van der Waals surface area contributed by atoms with Crippen molar-refractivity contribution in [3.8, 4) is 0 Å². The van der Waals surface area contributed by atoms with Crippen molar-refractivity contribution in [2.45, 2.75) is 61.2 Å². The molecule has 3 fully saturated rings. The van der Waals surface area contributed by atoms with E-state index in [1.165, 1.54) is 0 Å². The summed E-state index contributed by atoms with van der Waals surface area (Å²) < 4.78 is 57.4. The summed E-state index contributed by atoms with van der Waals surface area (Å²) in [6, 6.07) is -2.23. The van der Waals surface area contributed by atoms with Gasteiger partial charge in [0.05, 0.1) is 25.9 Å². The van der Waals surface area contributed by atoms with Gasteiger partial charge in [-0.1, -0.05) is 0 Å². The van der Waals surface area contributed by atoms with Crippen molar-refractivity contribution >= 4 is 64.5 Å². The molecule has 7 aliphatic heterocycles. The van der Waals surface area contributed by atoms with Crippen LogP contribution in [0.5, 0.6) is 0 Å². The second-order valence-corrected chi connectivity index (χ2v) is 12.8. The predicted molar refractivity (Wildman–Crippen MR) is 136 cm³/mol. The number of rotatable bonds is 2. The number of phosphoric ester groups is 2. The van der Waals surface area contributed by atoms with E-state index in [9.17, 15) is 38.7 Å². The topological polar surface area (TPSA) is 291 Å². The number of aliphatic hydroxyl groups is 2. The van der Waals surface area contributed by atoms with E-state index < -0.39 is 102 Å². The van der Waals surface area contributed by atoms with Crippen LogP contribution in [0.2, 0.25) is 0 Å². The first-order valence-corrected chi connectivity index (χ1v) is 15.7. The van der Waals surface area contributed by atoms with Crippen LogP contribution >= 0.6 is 15.6 Å². The molecule has 2 N–H and O–H groups in total. The maximum atomic E-state index is 12.9. The minimum absolute atomic E-state index is 0. The summed E-state index contributed by atoms with van der Waals surface area (Å²) in [6.07, 6.45) is -8.96. The number of aliphatic imine (C=N–C) groups is 6. The quantitative estimate of drug-likeness (QED) is 0.199. The minimum Gasteiger partial charge on any atom is -0.756 e. The fourth-order valence-corrected chi connectivity index (χ4v) is 7.27. The van der Waals surface area contributed by atoms with Crippen molar-refractivity contribution in [1.82, 2.24) is 9.80 Å². The molecule has 3 saturated heterocycles. The molecule has 0 spiro atoms. The second-order valence-electron chi connectivity index (χ2n) is 10.0. The Hall–Kier alpha value is -0.980. The van der Waals surface area contributed by atoms with Gasteiger partial charge in [-0.25, -0.2) is 9.98 Å². The van der Waals surface area contributed by atoms with Crippen LogP contribution in [-0.2, 0) is 46.3 Å². The normalized spacial score (nSPS) is 44.6. The SMILES string of the molecule is O=C1N=CN=C2C1N=CN2[C@@H]1O[C@@H]2COP(=O)([O-])O[C@H]3[C@@H](O)[C@H](N4C=NC5C(=O)N=CN=C54)O[C@@H]3COP(=O)([O-])O[C@H]2[C@H]1O.[Na+].[Na+]. The van der Waals surface area contributed by atoms with E-state index >= 15 is 0 Å². The van der Waals surface area contributed by atoms with E-state index in [0.29, 0.717) is 0 Å². The Bertz CT molecular complexity index is 1450. The number of hydrogen-bond donors (Lipinski definition) is 2. The van der Waals surface area contributed by atoms with Crippen molar-refractivity contribution in [2.24, 2.45) is 30.0 Å². The number of ether oxygens (including phenoxy) is 2. The molecule has 26 heteroatoms. The number of aliphatic hydroxyl groups excluding tert-OH is 2. The molecule has 12 atom stereocenters. The fourth-order valence-electron chi connectivity index (χ4n) is 5.37. The summed E-state index contributed by atoms with van der Waals surface area (Å²) in [5, 5.41) is 22.1. The average Bonchev–Trinajstić information content (AvgIpc) is 3.73. The molecule has 0 aromatic carbocycles. The molecule has 46 heavy (non-hydrogen) atoms. The molecule has 7 rings (SSSR count). The largest absolute Gasteiger partial charge is 1.00 e. The van der Waals surface area contributed by atoms with Gasteiger partial charge in [-0.15, -0.1) is 0 Å². The number of carbonyl (C=O) groups is 2. The van der Waals surface area contributed by atoms with Crippen LogP contribution in [-0.4, -0.2) is 143 Å². The summed E-state index contributed by atoms with van der Waals surface area (Å²) in [4.78, 5) is 75.1. The third-order valence-corrected chi connectivity index (χ3v) is 9.31. The van der Waals surface area contributed by atoms with Gasteiger partial charge in [-0.3, -0.25) is 38.5 Å². The first-order valence-electron chi connectivity index (χ1n) is 12.8. The van der Waals surface area contributed by atoms with E-state index in [1.807, 2.05) is 0 Å². The van der Waals surface area contributed by atoms with Gasteiger partial charge < -0.3 is 47.6 Å². The van der Waals surface area contributed by atoms with E-state index in [-0.39, 0.29) is 70.8 Å². The van der Waals surface area contributed by atoms with E-state index in [2.05, 4.69) is 30.0 Å². The van der Waals surface area contributed by atoms with Crippen LogP contribution in [0.1, 0.15) is 0 Å². The minimum atomic E-state index is -5.31. The Morgan fingerprint density at radius 2 is 1.13 bits per heavy atom. The molecular weight excluding hydrogens is 684 g/mol. The van der Waals surface area contributed by atoms with Gasteiger partial charge in [0, 0.05) is 0 Å². The second kappa shape index (κ2) is 13.7. The first kappa shape index (κ1) is 36.3. The molecule has 7 aliphatic rings. The summed E-state index contributed by atoms with van der Waals surface area (Å²) in [6.45, 7) is -1.84. The zero-order chi connectivity index (χ0) is 31.0. The zero-order valence-electron chi connectivity index (χ0n) is 23.8. The Morgan fingerprint density at radius 1 is 0.739 bits per heavy atom. The molecule has 0 aromatic heterocycles. The molecule has 0 aliphatic carbocycles. The molecule has 236 valence electrons. The number of amidine groups is 2. The van der Waals surface area contributed by atoms with Crippen LogP contribution in [0.15, 0.2) is 30.0 Å². The van der Waals surface area contributed by atoms with Gasteiger partial charge >= 0.3 is 59.1 Å². The number of hydrogen-bond acceptors (Lipinski definition) is 20. The van der Waals surface area contributed by atoms with Crippen molar-refractivity contribution in [3.05, 3.63) is 0 Å². The van der Waals surface area contributed by atoms with Crippen molar-refractivity contribution < 1.29 is 125 Å². The Balaban J connectivity index is 0.00000208. The fraction of sp³-hybridized carbons (Fsp3) is 0.600. The van der Waals surface area contributed by atoms with E-state index in [0.717, 1.165) is 35.2 Å². The monoisotopic (exact) mass is 704 g/mol. The van der Waals surface area contributed by atoms with Crippen LogP contribution in [0.4, 0.5) is 0 Å². The van der Waals surface area contributed by atoms with Crippen molar-refractivity contribution in [2.75, 3.05) is 13.2 Å². The molecule has 0 bridgehead atoms. The maximum absolute atomic E-state index is 12.9. The Labute approximate surface area is 302 Å². The molecule has 0 radical (unpaired) electrons. The zero-order valence-corrected chi connectivity index (χ0v) is 29.6. The Morgan fingerprint density at radius 3 is 1.52 bits per heavy atom. The molecule has 22 nitrogen and oxygen atoms in total. The van der Waals surface area contributed by atoms with Crippen LogP contribution in [0, 0.1) is 0 Å². The standard InChI is InChI=1S/C20H22N8O14P2.2Na/c29-11-13-7(39-19(11)27-5-25-9-15(27)21-3-23-17(9)31)1-37-43(33,34)42-14-8(2-38-44(35,36)41-13)40-20(12(14)30)28-6-26-10-16(28)22-4-24-18(10)32;;/h3-14,19-20,29-30H,1-2H2,(H,33,34)(H,35,36);;/q;2*+1/p-2/t7-,8-,9?,10?,11-,12-,13-,14-,19-,20-;;/m1../s1. The number of amides is 2. The summed E-state index contributed by atoms with van der Waals surface area (Å²) in [5.41, 5.74) is 0. The predicted octanol–water partition coefficient (Wildman–Crippen LogP) is -10.7. The molecule has 7 heterocycles. The number of phosphoric acid groups is 2. The van der Waals surface area contributed by atoms with Crippen molar-refractivity contribution in [1.29, 1.82) is 0 Å². The Kier molecular flexibility index (Phi) is 10.8. The number of carbonyl (C=O) groups excluding carboxylic acids is 2. The van der Waals surface area contributed by atoms with E-state index in [4.69, 9.17) is 27.6 Å². The van der Waals surface area contributed by atoms with Crippen LogP contribution < -0.4 is 68.9 Å². The smallest absolute Gasteiger partial charge is 0.756 e. The van der Waals surface area contributed by atoms with Gasteiger partial charge in [0.2, 0.25) is 0 Å². The maximum Gasteiger partial charge on any atom is 1.00 e. The van der Waals surface area contributed by atoms with Gasteiger partial charge in [0.25, 0.3) is 27.5 Å². The number of fused-ring (bicyclic) bond motifs is 4. The summed E-state index contributed by atoms with van der Waals surface area (Å²) >= 11 is 0. The van der Waals surface area contributed by atoms with E-state index in [1.54, 1.807) is 0 Å². The molecular formula is C20H20N8Na2O14P2. The molecule has 0 saturated carbocycles. The van der Waals surface area contributed by atoms with Crippen LogP contribution in [0.25, 0.3) is 0 Å². The average molecular weight is 704 g/mol. The molecule has 0 aromatic rings.